The molecule has 2 amide bonds. The van der Waals surface area contributed by atoms with Crippen molar-refractivity contribution >= 4 is 11.8 Å². The molecule has 2 N–H and O–H groups in total. The van der Waals surface area contributed by atoms with Gasteiger partial charge in [-0.1, -0.05) is 0 Å². The van der Waals surface area contributed by atoms with Crippen LogP contribution >= 0.6 is 0 Å². The number of amides is 2. The number of likely N-dealkylation sites (tertiary alicyclic amines) is 1. The van der Waals surface area contributed by atoms with E-state index >= 15 is 0 Å². The van der Waals surface area contributed by atoms with Gasteiger partial charge >= 0.3 is 0 Å². The summed E-state index contributed by atoms with van der Waals surface area (Å²) in [6.45, 7) is 6.73. The molecule has 3 heterocycles. The van der Waals surface area contributed by atoms with Crippen molar-refractivity contribution in [3.8, 4) is 5.75 Å². The molecule has 2 saturated heterocycles. The van der Waals surface area contributed by atoms with Crippen LogP contribution in [0.2, 0.25) is 0 Å². The second kappa shape index (κ2) is 9.17. The number of pyridine rings is 1. The predicted molar refractivity (Wildman–Crippen MR) is 103 cm³/mol. The van der Waals surface area contributed by atoms with Crippen molar-refractivity contribution in [2.75, 3.05) is 26.2 Å². The Morgan fingerprint density at radius 1 is 1.37 bits per heavy atom. The van der Waals surface area contributed by atoms with Crippen LogP contribution < -0.4 is 15.4 Å². The first-order valence-corrected chi connectivity index (χ1v) is 9.96. The molecule has 0 aliphatic carbocycles. The van der Waals surface area contributed by atoms with Crippen LogP contribution in [0.25, 0.3) is 0 Å². The first-order valence-electron chi connectivity index (χ1n) is 9.96. The van der Waals surface area contributed by atoms with Gasteiger partial charge in [-0.15, -0.1) is 0 Å². The summed E-state index contributed by atoms with van der Waals surface area (Å²) < 4.78 is 5.75. The highest BCUT2D eigenvalue weighted by molar-refractivity contribution is 5.95. The van der Waals surface area contributed by atoms with Gasteiger partial charge in [0.25, 0.3) is 5.91 Å². The topological polar surface area (TPSA) is 83.6 Å². The molecule has 0 saturated carbocycles. The van der Waals surface area contributed by atoms with E-state index in [1.54, 1.807) is 18.3 Å². The average Bonchev–Trinajstić information content (AvgIpc) is 3.21. The highest BCUT2D eigenvalue weighted by Crippen LogP contribution is 2.23. The SMILES string of the molecule is CC(C)Oc1cccnc1C(=O)N1CCCC(CNC(=O)C2CCCN2)C1. The van der Waals surface area contributed by atoms with Crippen LogP contribution in [0.4, 0.5) is 0 Å². The summed E-state index contributed by atoms with van der Waals surface area (Å²) >= 11 is 0. The Morgan fingerprint density at radius 2 is 2.22 bits per heavy atom. The molecule has 0 bridgehead atoms. The monoisotopic (exact) mass is 374 g/mol. The maximum absolute atomic E-state index is 13.0. The summed E-state index contributed by atoms with van der Waals surface area (Å²) in [6, 6.07) is 3.51. The molecule has 0 aromatic carbocycles. The Bertz CT molecular complexity index is 658. The quantitative estimate of drug-likeness (QED) is 0.790. The number of ether oxygens (including phenoxy) is 1. The van der Waals surface area contributed by atoms with E-state index in [0.717, 1.165) is 32.2 Å². The normalized spacial score (nSPS) is 22.7. The number of hydrogen-bond donors (Lipinski definition) is 2. The van der Waals surface area contributed by atoms with Crippen LogP contribution in [0, 0.1) is 5.92 Å². The molecule has 7 heteroatoms. The van der Waals surface area contributed by atoms with Gasteiger partial charge in [-0.25, -0.2) is 4.98 Å². The molecular formula is C20H30N4O3. The van der Waals surface area contributed by atoms with Gasteiger partial charge < -0.3 is 20.3 Å². The second-order valence-electron chi connectivity index (χ2n) is 7.67. The molecule has 3 rings (SSSR count). The van der Waals surface area contributed by atoms with Crippen LogP contribution in [-0.2, 0) is 4.79 Å². The van der Waals surface area contributed by atoms with E-state index in [-0.39, 0.29) is 29.9 Å². The largest absolute Gasteiger partial charge is 0.489 e. The van der Waals surface area contributed by atoms with Gasteiger partial charge in [-0.05, 0) is 64.1 Å². The zero-order valence-corrected chi connectivity index (χ0v) is 16.2. The summed E-state index contributed by atoms with van der Waals surface area (Å²) in [7, 11) is 0. The second-order valence-corrected chi connectivity index (χ2v) is 7.67. The van der Waals surface area contributed by atoms with Crippen molar-refractivity contribution in [1.29, 1.82) is 0 Å². The molecule has 2 atom stereocenters. The van der Waals surface area contributed by atoms with Gasteiger partial charge in [0.1, 0.15) is 0 Å². The Morgan fingerprint density at radius 3 is 2.96 bits per heavy atom. The third-order valence-corrected chi connectivity index (χ3v) is 5.08. The third kappa shape index (κ3) is 5.19. The first kappa shape index (κ1) is 19.6. The molecule has 148 valence electrons. The number of carbonyl (C=O) groups is 2. The zero-order chi connectivity index (χ0) is 19.2. The lowest BCUT2D eigenvalue weighted by atomic mass is 9.97. The Hall–Kier alpha value is -2.15. The number of hydrogen-bond acceptors (Lipinski definition) is 5. The average molecular weight is 374 g/mol. The van der Waals surface area contributed by atoms with Crippen LogP contribution in [0.15, 0.2) is 18.3 Å². The van der Waals surface area contributed by atoms with E-state index in [0.29, 0.717) is 31.1 Å². The van der Waals surface area contributed by atoms with Crippen molar-refractivity contribution in [1.82, 2.24) is 20.5 Å². The van der Waals surface area contributed by atoms with Crippen molar-refractivity contribution in [2.24, 2.45) is 5.92 Å². The van der Waals surface area contributed by atoms with E-state index < -0.39 is 0 Å². The van der Waals surface area contributed by atoms with E-state index in [2.05, 4.69) is 15.6 Å². The number of piperidine rings is 1. The maximum atomic E-state index is 13.0. The molecule has 0 spiro atoms. The van der Waals surface area contributed by atoms with Crippen molar-refractivity contribution in [3.63, 3.8) is 0 Å². The highest BCUT2D eigenvalue weighted by Gasteiger charge is 2.28. The molecule has 7 nitrogen and oxygen atoms in total. The van der Waals surface area contributed by atoms with Gasteiger partial charge in [0, 0.05) is 25.8 Å². The van der Waals surface area contributed by atoms with E-state index in [4.69, 9.17) is 4.74 Å². The molecule has 2 fully saturated rings. The summed E-state index contributed by atoms with van der Waals surface area (Å²) in [5, 5.41) is 6.27. The minimum absolute atomic E-state index is 0.0192. The molecular weight excluding hydrogens is 344 g/mol. The van der Waals surface area contributed by atoms with Gasteiger partial charge in [0.15, 0.2) is 11.4 Å². The molecule has 1 aromatic heterocycles. The molecule has 2 aliphatic rings. The summed E-state index contributed by atoms with van der Waals surface area (Å²) in [5.74, 6) is 0.777. The smallest absolute Gasteiger partial charge is 0.276 e. The molecule has 0 radical (unpaired) electrons. The zero-order valence-electron chi connectivity index (χ0n) is 16.2. The number of nitrogens with zero attached hydrogens (tertiary/aromatic N) is 2. The van der Waals surface area contributed by atoms with E-state index in [1.807, 2.05) is 18.7 Å². The van der Waals surface area contributed by atoms with Crippen LogP contribution in [0.5, 0.6) is 5.75 Å². The number of aromatic nitrogens is 1. The van der Waals surface area contributed by atoms with Gasteiger partial charge in [-0.2, -0.15) is 0 Å². The van der Waals surface area contributed by atoms with Crippen LogP contribution in [0.3, 0.4) is 0 Å². The van der Waals surface area contributed by atoms with Crippen LogP contribution in [0.1, 0.15) is 50.0 Å². The Kier molecular flexibility index (Phi) is 6.66. The lowest BCUT2D eigenvalue weighted by Gasteiger charge is -2.33. The summed E-state index contributed by atoms with van der Waals surface area (Å²) in [4.78, 5) is 31.3. The van der Waals surface area contributed by atoms with Gasteiger partial charge in [-0.3, -0.25) is 9.59 Å². The minimum Gasteiger partial charge on any atom is -0.489 e. The van der Waals surface area contributed by atoms with Crippen molar-refractivity contribution < 1.29 is 14.3 Å². The summed E-state index contributed by atoms with van der Waals surface area (Å²) in [5.41, 5.74) is 0.367. The Balaban J connectivity index is 1.57. The number of rotatable bonds is 6. The van der Waals surface area contributed by atoms with Crippen LogP contribution in [-0.4, -0.2) is 60.0 Å². The van der Waals surface area contributed by atoms with Crippen molar-refractivity contribution in [3.05, 3.63) is 24.0 Å². The fraction of sp³-hybridized carbons (Fsp3) is 0.650. The lowest BCUT2D eigenvalue weighted by Crippen LogP contribution is -2.46. The van der Waals surface area contributed by atoms with Crippen molar-refractivity contribution in [2.45, 2.75) is 51.7 Å². The Labute approximate surface area is 160 Å². The number of carbonyl (C=O) groups excluding carboxylic acids is 2. The fourth-order valence-electron chi connectivity index (χ4n) is 3.74. The van der Waals surface area contributed by atoms with Gasteiger partial charge in [0.05, 0.1) is 12.1 Å². The maximum Gasteiger partial charge on any atom is 0.276 e. The standard InChI is InChI=1S/C20H30N4O3/c1-14(2)27-17-8-4-10-22-18(17)20(26)24-11-5-6-15(13-24)12-23-19(25)16-7-3-9-21-16/h4,8,10,14-16,21H,3,5-7,9,11-13H2,1-2H3,(H,23,25). The van der Waals surface area contributed by atoms with E-state index in [9.17, 15) is 9.59 Å². The third-order valence-electron chi connectivity index (χ3n) is 5.08. The predicted octanol–water partition coefficient (Wildman–Crippen LogP) is 1.59. The van der Waals surface area contributed by atoms with Gasteiger partial charge in [0.2, 0.25) is 5.91 Å². The molecule has 2 aliphatic heterocycles. The molecule has 2 unspecified atom stereocenters. The minimum atomic E-state index is -0.0975. The summed E-state index contributed by atoms with van der Waals surface area (Å²) in [6.07, 6.45) is 5.50. The highest BCUT2D eigenvalue weighted by atomic mass is 16.5. The fourth-order valence-corrected chi connectivity index (χ4v) is 3.74. The molecule has 27 heavy (non-hydrogen) atoms. The first-order chi connectivity index (χ1) is 13.0. The lowest BCUT2D eigenvalue weighted by molar-refractivity contribution is -0.123. The van der Waals surface area contributed by atoms with E-state index in [1.165, 1.54) is 0 Å². The molecule has 1 aromatic rings. The number of nitrogens with one attached hydrogen (secondary N) is 2.